The fourth-order valence-corrected chi connectivity index (χ4v) is 3.09. The minimum absolute atomic E-state index is 0.00530. The zero-order valence-corrected chi connectivity index (χ0v) is 11.2. The summed E-state index contributed by atoms with van der Waals surface area (Å²) < 4.78 is 13.8. The molecule has 1 spiro atoms. The summed E-state index contributed by atoms with van der Waals surface area (Å²) in [7, 11) is 0. The molecule has 0 radical (unpaired) electrons. The summed E-state index contributed by atoms with van der Waals surface area (Å²) in [5.74, 6) is 0.532. The molecule has 0 amide bonds. The van der Waals surface area contributed by atoms with Crippen molar-refractivity contribution in [3.63, 3.8) is 0 Å². The van der Waals surface area contributed by atoms with Crippen molar-refractivity contribution in [1.82, 2.24) is 24.9 Å². The molecule has 7 nitrogen and oxygen atoms in total. The monoisotopic (exact) mass is 275 g/mol. The molecule has 2 aromatic rings. The van der Waals surface area contributed by atoms with Gasteiger partial charge in [0.05, 0.1) is 12.2 Å². The van der Waals surface area contributed by atoms with E-state index in [4.69, 9.17) is 9.47 Å². The molecule has 2 aliphatic heterocycles. The van der Waals surface area contributed by atoms with E-state index in [-0.39, 0.29) is 11.7 Å². The van der Waals surface area contributed by atoms with E-state index in [1.54, 1.807) is 16.9 Å². The Hall–Kier alpha value is -1.73. The molecule has 2 aliphatic rings. The quantitative estimate of drug-likeness (QED) is 0.856. The molecule has 106 valence electrons. The molecule has 2 fully saturated rings. The lowest BCUT2D eigenvalue weighted by atomic mass is 9.89. The van der Waals surface area contributed by atoms with Crippen molar-refractivity contribution < 1.29 is 9.47 Å². The number of hydrogen-bond acceptors (Lipinski definition) is 6. The summed E-state index contributed by atoms with van der Waals surface area (Å²) >= 11 is 0. The van der Waals surface area contributed by atoms with E-state index in [1.165, 1.54) is 0 Å². The van der Waals surface area contributed by atoms with Gasteiger partial charge < -0.3 is 14.8 Å². The minimum atomic E-state index is -0.00530. The predicted molar refractivity (Wildman–Crippen MR) is 70.6 cm³/mol. The van der Waals surface area contributed by atoms with Gasteiger partial charge in [0.15, 0.2) is 0 Å². The Bertz CT molecular complexity index is 608. The van der Waals surface area contributed by atoms with Crippen LogP contribution < -0.4 is 10.1 Å². The Balaban J connectivity index is 1.51. The fourth-order valence-electron chi connectivity index (χ4n) is 3.09. The molecule has 7 heteroatoms. The van der Waals surface area contributed by atoms with Gasteiger partial charge in [-0.2, -0.15) is 0 Å². The van der Waals surface area contributed by atoms with Gasteiger partial charge in [0.1, 0.15) is 12.4 Å². The third kappa shape index (κ3) is 2.03. The highest BCUT2D eigenvalue weighted by molar-refractivity contribution is 5.47. The highest BCUT2D eigenvalue weighted by Crippen LogP contribution is 2.35. The van der Waals surface area contributed by atoms with Crippen LogP contribution >= 0.6 is 0 Å². The van der Waals surface area contributed by atoms with E-state index < -0.39 is 0 Å². The SMILES string of the molecule is c1cn2cnnc2c(OC2COC3(CCNCC3)C2)n1. The smallest absolute Gasteiger partial charge is 0.260 e. The first-order chi connectivity index (χ1) is 9.85. The Morgan fingerprint density at radius 1 is 1.40 bits per heavy atom. The number of nitrogens with zero attached hydrogens (tertiary/aromatic N) is 4. The van der Waals surface area contributed by atoms with Crippen LogP contribution in [0.15, 0.2) is 18.7 Å². The van der Waals surface area contributed by atoms with Crippen LogP contribution in [0.4, 0.5) is 0 Å². The third-order valence-corrected chi connectivity index (χ3v) is 4.15. The van der Waals surface area contributed by atoms with Crippen LogP contribution in [-0.2, 0) is 4.74 Å². The van der Waals surface area contributed by atoms with Gasteiger partial charge in [-0.25, -0.2) is 4.98 Å². The summed E-state index contributed by atoms with van der Waals surface area (Å²) in [6, 6.07) is 0. The molecule has 1 unspecified atom stereocenters. The second-order valence-corrected chi connectivity index (χ2v) is 5.48. The zero-order chi connectivity index (χ0) is 13.4. The molecule has 20 heavy (non-hydrogen) atoms. The van der Waals surface area contributed by atoms with E-state index in [2.05, 4.69) is 20.5 Å². The molecule has 1 atom stereocenters. The summed E-state index contributed by atoms with van der Waals surface area (Å²) in [6.07, 6.45) is 8.21. The van der Waals surface area contributed by atoms with Crippen molar-refractivity contribution in [2.45, 2.75) is 31.0 Å². The minimum Gasteiger partial charge on any atom is -0.469 e. The third-order valence-electron chi connectivity index (χ3n) is 4.15. The van der Waals surface area contributed by atoms with Crippen molar-refractivity contribution in [1.29, 1.82) is 0 Å². The predicted octanol–water partition coefficient (Wildman–Crippen LogP) is 0.414. The molecular weight excluding hydrogens is 258 g/mol. The molecule has 0 bridgehead atoms. The number of rotatable bonds is 2. The average Bonchev–Trinajstić information content (AvgIpc) is 3.08. The largest absolute Gasteiger partial charge is 0.469 e. The van der Waals surface area contributed by atoms with Crippen molar-refractivity contribution in [3.8, 4) is 5.88 Å². The van der Waals surface area contributed by atoms with Gasteiger partial charge in [0.2, 0.25) is 5.65 Å². The van der Waals surface area contributed by atoms with Crippen LogP contribution in [-0.4, -0.2) is 51.0 Å². The van der Waals surface area contributed by atoms with Gasteiger partial charge in [-0.3, -0.25) is 4.40 Å². The number of ether oxygens (including phenoxy) is 2. The molecule has 1 N–H and O–H groups in total. The normalized spacial score (nSPS) is 25.3. The van der Waals surface area contributed by atoms with E-state index in [9.17, 15) is 0 Å². The van der Waals surface area contributed by atoms with Gasteiger partial charge >= 0.3 is 0 Å². The Kier molecular flexibility index (Phi) is 2.82. The molecule has 4 rings (SSSR count). The highest BCUT2D eigenvalue weighted by atomic mass is 16.6. The van der Waals surface area contributed by atoms with Crippen molar-refractivity contribution >= 4 is 5.65 Å². The number of aromatic nitrogens is 4. The van der Waals surface area contributed by atoms with Crippen LogP contribution in [0.5, 0.6) is 5.88 Å². The zero-order valence-electron chi connectivity index (χ0n) is 11.2. The lowest BCUT2D eigenvalue weighted by Crippen LogP contribution is -2.41. The van der Waals surface area contributed by atoms with E-state index in [0.29, 0.717) is 18.1 Å². The fraction of sp³-hybridized carbons (Fsp3) is 0.615. The van der Waals surface area contributed by atoms with Crippen LogP contribution in [0.2, 0.25) is 0 Å². The first-order valence-electron chi connectivity index (χ1n) is 7.00. The molecule has 2 saturated heterocycles. The van der Waals surface area contributed by atoms with E-state index >= 15 is 0 Å². The topological polar surface area (TPSA) is 73.6 Å². The van der Waals surface area contributed by atoms with Crippen LogP contribution in [0, 0.1) is 0 Å². The van der Waals surface area contributed by atoms with Crippen LogP contribution in [0.3, 0.4) is 0 Å². The lowest BCUT2D eigenvalue weighted by Gasteiger charge is -2.32. The molecule has 0 aromatic carbocycles. The summed E-state index contributed by atoms with van der Waals surface area (Å²) in [4.78, 5) is 4.26. The van der Waals surface area contributed by atoms with Crippen molar-refractivity contribution in [3.05, 3.63) is 18.7 Å². The molecular formula is C13H17N5O2. The first kappa shape index (κ1) is 12.0. The maximum absolute atomic E-state index is 6.02. The second-order valence-electron chi connectivity index (χ2n) is 5.48. The summed E-state index contributed by atoms with van der Waals surface area (Å²) in [6.45, 7) is 2.66. The van der Waals surface area contributed by atoms with Gasteiger partial charge in [0.25, 0.3) is 5.88 Å². The summed E-state index contributed by atoms with van der Waals surface area (Å²) in [5, 5.41) is 11.3. The standard InChI is InChI=1S/C13H17N5O2/c1-3-14-4-2-13(1)7-10(8-19-13)20-12-11-17-16-9-18(11)6-5-15-12/h5-6,9-10,14H,1-4,7-8H2. The first-order valence-corrected chi connectivity index (χ1v) is 7.00. The summed E-state index contributed by atoms with van der Waals surface area (Å²) in [5.41, 5.74) is 0.646. The number of nitrogens with one attached hydrogen (secondary N) is 1. The Morgan fingerprint density at radius 2 is 2.30 bits per heavy atom. The van der Waals surface area contributed by atoms with Gasteiger partial charge in [-0.1, -0.05) is 0 Å². The molecule has 0 saturated carbocycles. The maximum Gasteiger partial charge on any atom is 0.260 e. The van der Waals surface area contributed by atoms with E-state index in [0.717, 1.165) is 32.4 Å². The Labute approximate surface area is 116 Å². The maximum atomic E-state index is 6.02. The lowest BCUT2D eigenvalue weighted by molar-refractivity contribution is -0.0205. The molecule has 2 aromatic heterocycles. The Morgan fingerprint density at radius 3 is 3.20 bits per heavy atom. The van der Waals surface area contributed by atoms with Crippen molar-refractivity contribution in [2.24, 2.45) is 0 Å². The van der Waals surface area contributed by atoms with Gasteiger partial charge in [-0.15, -0.1) is 10.2 Å². The highest BCUT2D eigenvalue weighted by Gasteiger charge is 2.42. The molecule has 0 aliphatic carbocycles. The van der Waals surface area contributed by atoms with Crippen LogP contribution in [0.25, 0.3) is 5.65 Å². The van der Waals surface area contributed by atoms with Gasteiger partial charge in [0, 0.05) is 18.8 Å². The average molecular weight is 275 g/mol. The van der Waals surface area contributed by atoms with Crippen LogP contribution in [0.1, 0.15) is 19.3 Å². The van der Waals surface area contributed by atoms with Gasteiger partial charge in [-0.05, 0) is 25.9 Å². The molecule has 4 heterocycles. The van der Waals surface area contributed by atoms with Crippen molar-refractivity contribution in [2.75, 3.05) is 19.7 Å². The number of hydrogen-bond donors (Lipinski definition) is 1. The number of piperidine rings is 1. The second kappa shape index (κ2) is 4.68. The number of fused-ring (bicyclic) bond motifs is 1. The van der Waals surface area contributed by atoms with E-state index in [1.807, 2.05) is 6.20 Å².